The molecule has 0 fully saturated rings. The Kier molecular flexibility index (Phi) is 3.28. The molecule has 0 amide bonds. The number of hydrogen-bond donors (Lipinski definition) is 0. The van der Waals surface area contributed by atoms with Crippen molar-refractivity contribution >= 4 is 5.97 Å². The zero-order valence-electron chi connectivity index (χ0n) is 10.0. The predicted octanol–water partition coefficient (Wildman–Crippen LogP) is 2.64. The average molecular weight is 229 g/mol. The molecule has 2 rings (SSSR count). The number of methoxy groups -OCH3 is 1. The van der Waals surface area contributed by atoms with Crippen LogP contribution in [0.4, 0.5) is 0 Å². The van der Waals surface area contributed by atoms with Crippen LogP contribution in [0.3, 0.4) is 0 Å². The van der Waals surface area contributed by atoms with Gasteiger partial charge in [-0.1, -0.05) is 30.3 Å². The smallest absolute Gasteiger partial charge is 0.325 e. The first kappa shape index (κ1) is 11.5. The van der Waals surface area contributed by atoms with Gasteiger partial charge in [-0.05, 0) is 24.1 Å². The molecule has 0 aliphatic heterocycles. The van der Waals surface area contributed by atoms with Crippen LogP contribution in [0.15, 0.2) is 42.6 Å². The van der Waals surface area contributed by atoms with Gasteiger partial charge in [-0.3, -0.25) is 4.79 Å². The maximum atomic E-state index is 11.2. The minimum absolute atomic E-state index is 0.233. The van der Waals surface area contributed by atoms with Crippen molar-refractivity contribution in [2.75, 3.05) is 7.11 Å². The van der Waals surface area contributed by atoms with Crippen LogP contribution in [-0.2, 0) is 16.1 Å². The molecule has 0 N–H and O–H groups in total. The quantitative estimate of drug-likeness (QED) is 0.758. The Bertz CT molecular complexity index is 514. The Morgan fingerprint density at radius 3 is 2.59 bits per heavy atom. The summed E-state index contributed by atoms with van der Waals surface area (Å²) in [5.74, 6) is -0.233. The number of hydrogen-bond acceptors (Lipinski definition) is 2. The summed E-state index contributed by atoms with van der Waals surface area (Å²) >= 11 is 0. The predicted molar refractivity (Wildman–Crippen MR) is 66.6 cm³/mol. The third kappa shape index (κ3) is 2.56. The second kappa shape index (κ2) is 4.87. The number of aromatic nitrogens is 1. The lowest BCUT2D eigenvalue weighted by atomic mass is 10.1. The van der Waals surface area contributed by atoms with Crippen LogP contribution in [0, 0.1) is 6.92 Å². The van der Waals surface area contributed by atoms with Crippen LogP contribution in [-0.4, -0.2) is 17.6 Å². The fraction of sp³-hybridized carbons (Fsp3) is 0.214. The third-order valence-corrected chi connectivity index (χ3v) is 2.75. The van der Waals surface area contributed by atoms with Gasteiger partial charge in [0.1, 0.15) is 6.54 Å². The molecule has 0 saturated carbocycles. The normalized spacial score (nSPS) is 10.2. The highest BCUT2D eigenvalue weighted by Gasteiger charge is 2.07. The number of ether oxygens (including phenoxy) is 1. The molecule has 0 radical (unpaired) electrons. The standard InChI is InChI=1S/C14H15NO2/c1-11-8-13(12-6-4-3-5-7-12)9-15(11)10-14(16)17-2/h3-9H,10H2,1-2H3. The van der Waals surface area contributed by atoms with Crippen LogP contribution in [0.5, 0.6) is 0 Å². The van der Waals surface area contributed by atoms with E-state index in [4.69, 9.17) is 0 Å². The summed E-state index contributed by atoms with van der Waals surface area (Å²) < 4.78 is 6.56. The van der Waals surface area contributed by atoms with Gasteiger partial charge in [0.25, 0.3) is 0 Å². The minimum Gasteiger partial charge on any atom is -0.468 e. The average Bonchev–Trinajstić information content (AvgIpc) is 2.72. The Labute approximate surface area is 101 Å². The lowest BCUT2D eigenvalue weighted by molar-refractivity contribution is -0.141. The highest BCUT2D eigenvalue weighted by atomic mass is 16.5. The van der Waals surface area contributed by atoms with Crippen molar-refractivity contribution in [2.24, 2.45) is 0 Å². The third-order valence-electron chi connectivity index (χ3n) is 2.75. The van der Waals surface area contributed by atoms with Crippen LogP contribution < -0.4 is 0 Å². The largest absolute Gasteiger partial charge is 0.468 e. The van der Waals surface area contributed by atoms with E-state index in [0.29, 0.717) is 0 Å². The molecule has 88 valence electrons. The van der Waals surface area contributed by atoms with Gasteiger partial charge >= 0.3 is 5.97 Å². The molecule has 1 heterocycles. The van der Waals surface area contributed by atoms with Crippen molar-refractivity contribution < 1.29 is 9.53 Å². The van der Waals surface area contributed by atoms with E-state index in [1.807, 2.05) is 35.9 Å². The highest BCUT2D eigenvalue weighted by Crippen LogP contribution is 2.21. The van der Waals surface area contributed by atoms with Crippen LogP contribution in [0.2, 0.25) is 0 Å². The van der Waals surface area contributed by atoms with Gasteiger partial charge in [0.05, 0.1) is 7.11 Å². The van der Waals surface area contributed by atoms with Crippen LogP contribution >= 0.6 is 0 Å². The topological polar surface area (TPSA) is 31.2 Å². The van der Waals surface area contributed by atoms with E-state index in [1.165, 1.54) is 7.11 Å². The van der Waals surface area contributed by atoms with Crippen molar-refractivity contribution in [1.82, 2.24) is 4.57 Å². The Morgan fingerprint density at radius 2 is 1.94 bits per heavy atom. The molecular weight excluding hydrogens is 214 g/mol. The first-order chi connectivity index (χ1) is 8.20. The fourth-order valence-electron chi connectivity index (χ4n) is 1.78. The van der Waals surface area contributed by atoms with Crippen molar-refractivity contribution in [1.29, 1.82) is 0 Å². The molecule has 1 aromatic heterocycles. The first-order valence-corrected chi connectivity index (χ1v) is 5.49. The molecule has 0 aliphatic rings. The molecule has 0 atom stereocenters. The van der Waals surface area contributed by atoms with Crippen molar-refractivity contribution in [3.05, 3.63) is 48.3 Å². The Morgan fingerprint density at radius 1 is 1.24 bits per heavy atom. The van der Waals surface area contributed by atoms with Gasteiger partial charge in [-0.15, -0.1) is 0 Å². The number of esters is 1. The molecule has 0 bridgehead atoms. The number of carbonyl (C=O) groups excluding carboxylic acids is 1. The number of nitrogens with zero attached hydrogens (tertiary/aromatic N) is 1. The molecule has 0 unspecified atom stereocenters. The maximum Gasteiger partial charge on any atom is 0.325 e. The van der Waals surface area contributed by atoms with Gasteiger partial charge in [0, 0.05) is 11.9 Å². The second-order valence-corrected chi connectivity index (χ2v) is 3.94. The van der Waals surface area contributed by atoms with E-state index in [9.17, 15) is 4.79 Å². The van der Waals surface area contributed by atoms with E-state index < -0.39 is 0 Å². The van der Waals surface area contributed by atoms with Gasteiger partial charge in [-0.2, -0.15) is 0 Å². The van der Waals surface area contributed by atoms with Gasteiger partial charge < -0.3 is 9.30 Å². The monoisotopic (exact) mass is 229 g/mol. The molecule has 0 spiro atoms. The Hall–Kier alpha value is -2.03. The second-order valence-electron chi connectivity index (χ2n) is 3.94. The fourth-order valence-corrected chi connectivity index (χ4v) is 1.78. The summed E-state index contributed by atoms with van der Waals surface area (Å²) in [6, 6.07) is 12.2. The van der Waals surface area contributed by atoms with Gasteiger partial charge in [-0.25, -0.2) is 0 Å². The van der Waals surface area contributed by atoms with Crippen LogP contribution in [0.25, 0.3) is 11.1 Å². The van der Waals surface area contributed by atoms with Gasteiger partial charge in [0.15, 0.2) is 0 Å². The maximum absolute atomic E-state index is 11.2. The van der Waals surface area contributed by atoms with Crippen molar-refractivity contribution in [3.8, 4) is 11.1 Å². The highest BCUT2D eigenvalue weighted by molar-refractivity contribution is 5.70. The molecule has 3 heteroatoms. The number of carbonyl (C=O) groups is 1. The Balaban J connectivity index is 2.28. The summed E-state index contributed by atoms with van der Waals surface area (Å²) in [6.45, 7) is 2.24. The molecule has 2 aromatic rings. The van der Waals surface area contributed by atoms with E-state index in [0.717, 1.165) is 16.8 Å². The molecule has 17 heavy (non-hydrogen) atoms. The first-order valence-electron chi connectivity index (χ1n) is 5.49. The summed E-state index contributed by atoms with van der Waals surface area (Å²) in [7, 11) is 1.40. The summed E-state index contributed by atoms with van der Waals surface area (Å²) in [5, 5.41) is 0. The number of benzene rings is 1. The summed E-state index contributed by atoms with van der Waals surface area (Å²) in [5.41, 5.74) is 3.32. The molecule has 3 nitrogen and oxygen atoms in total. The van der Waals surface area contributed by atoms with Crippen molar-refractivity contribution in [2.45, 2.75) is 13.5 Å². The lowest BCUT2D eigenvalue weighted by Crippen LogP contribution is -2.11. The number of aryl methyl sites for hydroxylation is 1. The minimum atomic E-state index is -0.233. The summed E-state index contributed by atoms with van der Waals surface area (Å²) in [4.78, 5) is 11.2. The van der Waals surface area contributed by atoms with E-state index >= 15 is 0 Å². The van der Waals surface area contributed by atoms with E-state index in [1.54, 1.807) is 0 Å². The van der Waals surface area contributed by atoms with Gasteiger partial charge in [0.2, 0.25) is 0 Å². The summed E-state index contributed by atoms with van der Waals surface area (Å²) in [6.07, 6.45) is 1.97. The molecular formula is C14H15NO2. The number of rotatable bonds is 3. The van der Waals surface area contributed by atoms with E-state index in [-0.39, 0.29) is 12.5 Å². The van der Waals surface area contributed by atoms with Crippen LogP contribution in [0.1, 0.15) is 5.69 Å². The molecule has 0 saturated heterocycles. The lowest BCUT2D eigenvalue weighted by Gasteiger charge is -2.03. The molecule has 1 aromatic carbocycles. The van der Waals surface area contributed by atoms with E-state index in [2.05, 4.69) is 22.9 Å². The zero-order valence-corrected chi connectivity index (χ0v) is 10.0. The SMILES string of the molecule is COC(=O)Cn1cc(-c2ccccc2)cc1C. The molecule has 0 aliphatic carbocycles. The zero-order chi connectivity index (χ0) is 12.3. The van der Waals surface area contributed by atoms with Crippen molar-refractivity contribution in [3.63, 3.8) is 0 Å².